The van der Waals surface area contributed by atoms with E-state index in [4.69, 9.17) is 9.84 Å². The van der Waals surface area contributed by atoms with Crippen LogP contribution in [0.1, 0.15) is 10.4 Å². The summed E-state index contributed by atoms with van der Waals surface area (Å²) in [4.78, 5) is 33.9. The van der Waals surface area contributed by atoms with E-state index in [-0.39, 0.29) is 5.56 Å². The summed E-state index contributed by atoms with van der Waals surface area (Å²) in [5.41, 5.74) is 0.170. The van der Waals surface area contributed by atoms with Gasteiger partial charge in [-0.3, -0.25) is 4.79 Å². The molecule has 0 aliphatic carbocycles. The maximum absolute atomic E-state index is 11.7. The van der Waals surface area contributed by atoms with Crippen LogP contribution < -0.4 is 0 Å². The number of ether oxygens (including phenoxy) is 1. The normalized spacial score (nSPS) is 19.2. The Morgan fingerprint density at radius 1 is 1.32 bits per heavy atom. The maximum atomic E-state index is 11.7. The SMILES string of the molecule is O=C(O[C@@H](C(=O)O)[C@H]1O[B]OC1=O)c1ccccc1. The van der Waals surface area contributed by atoms with Crippen LogP contribution in [-0.4, -0.2) is 42.9 Å². The second-order valence-electron chi connectivity index (χ2n) is 3.62. The van der Waals surface area contributed by atoms with Crippen molar-refractivity contribution in [1.29, 1.82) is 0 Å². The highest BCUT2D eigenvalue weighted by atomic mass is 16.7. The highest BCUT2D eigenvalue weighted by Gasteiger charge is 2.43. The molecule has 1 aliphatic heterocycles. The van der Waals surface area contributed by atoms with Gasteiger partial charge >= 0.3 is 25.6 Å². The molecule has 1 radical (unpaired) electrons. The van der Waals surface area contributed by atoms with Crippen molar-refractivity contribution in [2.75, 3.05) is 0 Å². The lowest BCUT2D eigenvalue weighted by atomic mass is 10.2. The minimum Gasteiger partial charge on any atom is -0.509 e. The van der Waals surface area contributed by atoms with Gasteiger partial charge in [0.2, 0.25) is 6.10 Å². The Balaban J connectivity index is 2.11. The van der Waals surface area contributed by atoms with E-state index in [9.17, 15) is 14.4 Å². The summed E-state index contributed by atoms with van der Waals surface area (Å²) in [5, 5.41) is 8.97. The molecule has 1 fully saturated rings. The molecular formula is C11H8BO7. The van der Waals surface area contributed by atoms with Crippen LogP contribution in [-0.2, 0) is 23.6 Å². The molecule has 1 saturated heterocycles. The molecule has 1 heterocycles. The maximum Gasteiger partial charge on any atom is 0.575 e. The van der Waals surface area contributed by atoms with Crippen LogP contribution in [0.15, 0.2) is 30.3 Å². The van der Waals surface area contributed by atoms with Gasteiger partial charge in [0, 0.05) is 0 Å². The van der Waals surface area contributed by atoms with Gasteiger partial charge in [0.25, 0.3) is 0 Å². The van der Waals surface area contributed by atoms with E-state index in [1.807, 2.05) is 0 Å². The Labute approximate surface area is 108 Å². The first-order chi connectivity index (χ1) is 9.09. The summed E-state index contributed by atoms with van der Waals surface area (Å²) in [6.07, 6.45) is -3.26. The van der Waals surface area contributed by atoms with E-state index in [0.29, 0.717) is 7.69 Å². The third-order valence-electron chi connectivity index (χ3n) is 2.36. The topological polar surface area (TPSA) is 99.1 Å². The molecule has 1 N–H and O–H groups in total. The lowest BCUT2D eigenvalue weighted by Crippen LogP contribution is -2.41. The Morgan fingerprint density at radius 2 is 2.00 bits per heavy atom. The van der Waals surface area contributed by atoms with Crippen molar-refractivity contribution in [3.8, 4) is 0 Å². The Kier molecular flexibility index (Phi) is 3.81. The molecule has 19 heavy (non-hydrogen) atoms. The first-order valence-electron chi connectivity index (χ1n) is 5.26. The third-order valence-corrected chi connectivity index (χ3v) is 2.36. The molecule has 0 amide bonds. The van der Waals surface area contributed by atoms with Gasteiger partial charge in [0.05, 0.1) is 5.56 Å². The molecule has 0 unspecified atom stereocenters. The number of hydrogen-bond donors (Lipinski definition) is 1. The zero-order chi connectivity index (χ0) is 13.8. The average Bonchev–Trinajstić information content (AvgIpc) is 2.82. The van der Waals surface area contributed by atoms with Crippen LogP contribution in [0.3, 0.4) is 0 Å². The summed E-state index contributed by atoms with van der Waals surface area (Å²) in [6, 6.07) is 7.81. The highest BCUT2D eigenvalue weighted by Crippen LogP contribution is 2.14. The van der Waals surface area contributed by atoms with Crippen molar-refractivity contribution < 1.29 is 33.5 Å². The minimum absolute atomic E-state index is 0.170. The predicted molar refractivity (Wildman–Crippen MR) is 60.0 cm³/mol. The average molecular weight is 263 g/mol. The molecule has 0 bridgehead atoms. The van der Waals surface area contributed by atoms with Crippen molar-refractivity contribution in [2.45, 2.75) is 12.2 Å². The minimum atomic E-state index is -1.76. The van der Waals surface area contributed by atoms with Crippen LogP contribution >= 0.6 is 0 Å². The van der Waals surface area contributed by atoms with Crippen molar-refractivity contribution >= 4 is 25.6 Å². The number of benzene rings is 1. The number of carbonyl (C=O) groups excluding carboxylic acids is 2. The van der Waals surface area contributed by atoms with Gasteiger partial charge in [-0.2, -0.15) is 0 Å². The highest BCUT2D eigenvalue weighted by molar-refractivity contribution is 6.26. The number of rotatable bonds is 4. The van der Waals surface area contributed by atoms with Crippen LogP contribution in [0.25, 0.3) is 0 Å². The van der Waals surface area contributed by atoms with E-state index < -0.39 is 30.1 Å². The summed E-state index contributed by atoms with van der Waals surface area (Å²) >= 11 is 0. The lowest BCUT2D eigenvalue weighted by molar-refractivity contribution is -0.158. The van der Waals surface area contributed by atoms with Crippen molar-refractivity contribution in [3.05, 3.63) is 35.9 Å². The smallest absolute Gasteiger partial charge is 0.509 e. The Morgan fingerprint density at radius 3 is 2.53 bits per heavy atom. The fourth-order valence-electron chi connectivity index (χ4n) is 1.45. The standard InChI is InChI=1S/C11H8BO7/c13-9(14)7(8-11(16)19-12-18-8)17-10(15)6-4-2-1-3-5-6/h1-5,7-8H,(H,13,14)/t7-,8-/m1/s1. The molecule has 1 aromatic rings. The third kappa shape index (κ3) is 2.91. The molecule has 7 nitrogen and oxygen atoms in total. The van der Waals surface area contributed by atoms with E-state index in [0.717, 1.165) is 0 Å². The van der Waals surface area contributed by atoms with Gasteiger partial charge in [0.15, 0.2) is 6.10 Å². The van der Waals surface area contributed by atoms with Crippen molar-refractivity contribution in [1.82, 2.24) is 0 Å². The molecule has 0 saturated carbocycles. The number of carboxylic acids is 1. The van der Waals surface area contributed by atoms with Crippen molar-refractivity contribution in [3.63, 3.8) is 0 Å². The van der Waals surface area contributed by atoms with E-state index in [1.165, 1.54) is 12.1 Å². The molecule has 1 aromatic carbocycles. The van der Waals surface area contributed by atoms with Gasteiger partial charge in [-0.05, 0) is 12.1 Å². The largest absolute Gasteiger partial charge is 0.575 e. The number of esters is 1. The van der Waals surface area contributed by atoms with Gasteiger partial charge in [0.1, 0.15) is 0 Å². The second kappa shape index (κ2) is 5.53. The molecule has 2 rings (SSSR count). The fourth-order valence-corrected chi connectivity index (χ4v) is 1.45. The molecular weight excluding hydrogens is 255 g/mol. The molecule has 97 valence electrons. The zero-order valence-electron chi connectivity index (χ0n) is 9.52. The quantitative estimate of drug-likeness (QED) is 0.591. The van der Waals surface area contributed by atoms with Gasteiger partial charge < -0.3 is 19.2 Å². The Hall–Kier alpha value is -2.35. The molecule has 0 spiro atoms. The number of carboxylic acid groups (broad SMARTS) is 1. The molecule has 8 heteroatoms. The number of hydrogen-bond acceptors (Lipinski definition) is 6. The van der Waals surface area contributed by atoms with Crippen molar-refractivity contribution in [2.24, 2.45) is 0 Å². The van der Waals surface area contributed by atoms with E-state index >= 15 is 0 Å². The van der Waals surface area contributed by atoms with Crippen LogP contribution in [0.4, 0.5) is 0 Å². The van der Waals surface area contributed by atoms with E-state index in [2.05, 4.69) is 9.31 Å². The lowest BCUT2D eigenvalue weighted by Gasteiger charge is -2.17. The molecule has 0 aromatic heterocycles. The number of carbonyl (C=O) groups is 3. The summed E-state index contributed by atoms with van der Waals surface area (Å²) in [6.45, 7) is 0. The predicted octanol–water partition coefficient (Wildman–Crippen LogP) is -0.227. The second-order valence-corrected chi connectivity index (χ2v) is 3.62. The summed E-state index contributed by atoms with van der Waals surface area (Å²) in [5.74, 6) is -3.29. The number of aliphatic carboxylic acids is 1. The first-order valence-corrected chi connectivity index (χ1v) is 5.26. The fraction of sp³-hybridized carbons (Fsp3) is 0.182. The van der Waals surface area contributed by atoms with Crippen LogP contribution in [0, 0.1) is 0 Å². The monoisotopic (exact) mass is 263 g/mol. The first kappa shape index (κ1) is 13.1. The zero-order valence-corrected chi connectivity index (χ0v) is 9.52. The Bertz CT molecular complexity index is 501. The van der Waals surface area contributed by atoms with Gasteiger partial charge in [-0.1, -0.05) is 18.2 Å². The van der Waals surface area contributed by atoms with Gasteiger partial charge in [-0.25, -0.2) is 9.59 Å². The van der Waals surface area contributed by atoms with E-state index in [1.54, 1.807) is 18.2 Å². The van der Waals surface area contributed by atoms with Gasteiger partial charge in [-0.15, -0.1) is 0 Å². The van der Waals surface area contributed by atoms with Crippen LogP contribution in [0.5, 0.6) is 0 Å². The summed E-state index contributed by atoms with van der Waals surface area (Å²) < 4.78 is 13.8. The molecule has 1 aliphatic rings. The van der Waals surface area contributed by atoms with Crippen LogP contribution in [0.2, 0.25) is 0 Å². The molecule has 2 atom stereocenters. The summed E-state index contributed by atoms with van der Waals surface area (Å²) in [7, 11) is 0.708.